The highest BCUT2D eigenvalue weighted by molar-refractivity contribution is 9.10. The van der Waals surface area contributed by atoms with Crippen molar-refractivity contribution in [3.05, 3.63) is 98.6 Å². The van der Waals surface area contributed by atoms with E-state index in [9.17, 15) is 9.90 Å². The molecule has 0 aliphatic heterocycles. The Morgan fingerprint density at radius 1 is 1.00 bits per heavy atom. The second-order valence-corrected chi connectivity index (χ2v) is 8.90. The molecule has 1 amide bonds. The standard InChI is InChI=1S/C24H17BrCl2N3O2/c1-14(15-6-10-17(25)11-7-15)28-24(32)21-23(31)22(16-8-12-18(26)13-9-16)30(29-21)20-5-3-2-4-19(20)27/h2-14H,1H3,(H,28,32)/t14-/m0/s1. The van der Waals surface area contributed by atoms with Gasteiger partial charge in [-0.2, -0.15) is 5.10 Å². The van der Waals surface area contributed by atoms with Crippen LogP contribution in [-0.4, -0.2) is 15.7 Å². The number of nitrogens with one attached hydrogen (secondary N) is 1. The van der Waals surface area contributed by atoms with Crippen molar-refractivity contribution >= 4 is 45.0 Å². The molecular weight excluding hydrogens is 513 g/mol. The highest BCUT2D eigenvalue weighted by Gasteiger charge is 2.28. The van der Waals surface area contributed by atoms with Crippen LogP contribution in [0.4, 0.5) is 0 Å². The minimum absolute atomic E-state index is 0.209. The van der Waals surface area contributed by atoms with Gasteiger partial charge in [-0.3, -0.25) is 9.90 Å². The van der Waals surface area contributed by atoms with Gasteiger partial charge >= 0.3 is 0 Å². The SMILES string of the molecule is C[C@H](NC(=O)c1nn(-c2ccccc2Cl)c(-c2ccc(Cl)cc2)c1[O])c1ccc(Br)cc1. The lowest BCUT2D eigenvalue weighted by Gasteiger charge is -2.13. The summed E-state index contributed by atoms with van der Waals surface area (Å²) in [5, 5.41) is 21.5. The lowest BCUT2D eigenvalue weighted by molar-refractivity contribution is 0.0930. The van der Waals surface area contributed by atoms with Gasteiger partial charge in [0.25, 0.3) is 5.91 Å². The molecule has 32 heavy (non-hydrogen) atoms. The smallest absolute Gasteiger partial charge is 0.276 e. The van der Waals surface area contributed by atoms with Crippen LogP contribution in [-0.2, 0) is 5.11 Å². The van der Waals surface area contributed by atoms with E-state index in [-0.39, 0.29) is 17.4 Å². The molecule has 1 heterocycles. The summed E-state index contributed by atoms with van der Waals surface area (Å²) in [6.07, 6.45) is 0. The second-order valence-electron chi connectivity index (χ2n) is 7.14. The number of halogens is 3. The molecule has 0 saturated heterocycles. The van der Waals surface area contributed by atoms with Gasteiger partial charge in [0.05, 0.1) is 16.8 Å². The Labute approximate surface area is 203 Å². The summed E-state index contributed by atoms with van der Waals surface area (Å²) < 4.78 is 2.35. The lowest BCUT2D eigenvalue weighted by atomic mass is 10.1. The molecule has 8 heteroatoms. The van der Waals surface area contributed by atoms with E-state index in [1.807, 2.05) is 31.2 Å². The first kappa shape index (κ1) is 22.4. The average molecular weight is 530 g/mol. The Balaban J connectivity index is 1.76. The van der Waals surface area contributed by atoms with Crippen molar-refractivity contribution in [2.45, 2.75) is 13.0 Å². The van der Waals surface area contributed by atoms with Crippen LogP contribution in [0.25, 0.3) is 16.9 Å². The van der Waals surface area contributed by atoms with Crippen molar-refractivity contribution in [3.8, 4) is 22.7 Å². The van der Waals surface area contributed by atoms with Crippen molar-refractivity contribution in [2.24, 2.45) is 0 Å². The second kappa shape index (κ2) is 9.36. The molecule has 4 aromatic rings. The van der Waals surface area contributed by atoms with Crippen LogP contribution < -0.4 is 5.32 Å². The van der Waals surface area contributed by atoms with E-state index in [0.29, 0.717) is 21.3 Å². The molecule has 3 aromatic carbocycles. The number of rotatable bonds is 5. The van der Waals surface area contributed by atoms with Crippen molar-refractivity contribution in [3.63, 3.8) is 0 Å². The molecule has 4 rings (SSSR count). The summed E-state index contributed by atoms with van der Waals surface area (Å²) in [7, 11) is 0. The summed E-state index contributed by atoms with van der Waals surface area (Å²) in [5.41, 5.74) is 2.00. The molecule has 161 valence electrons. The molecule has 0 unspecified atom stereocenters. The number of carbonyl (C=O) groups is 1. The molecule has 1 atom stereocenters. The van der Waals surface area contributed by atoms with Gasteiger partial charge < -0.3 is 5.32 Å². The van der Waals surface area contributed by atoms with Crippen molar-refractivity contribution in [1.29, 1.82) is 0 Å². The van der Waals surface area contributed by atoms with Gasteiger partial charge in [-0.25, -0.2) is 4.68 Å². The topological polar surface area (TPSA) is 66.8 Å². The molecule has 5 nitrogen and oxygen atoms in total. The number of nitrogens with zero attached hydrogens (tertiary/aromatic N) is 2. The van der Waals surface area contributed by atoms with E-state index in [2.05, 4.69) is 26.3 Å². The highest BCUT2D eigenvalue weighted by atomic mass is 79.9. The predicted octanol–water partition coefficient (Wildman–Crippen LogP) is 7.24. The van der Waals surface area contributed by atoms with Crippen LogP contribution in [0.15, 0.2) is 77.3 Å². The average Bonchev–Trinajstić information content (AvgIpc) is 3.12. The zero-order valence-electron chi connectivity index (χ0n) is 16.9. The summed E-state index contributed by atoms with van der Waals surface area (Å²) in [6.45, 7) is 1.84. The Hall–Kier alpha value is -2.80. The maximum Gasteiger partial charge on any atom is 0.276 e. The first-order valence-corrected chi connectivity index (χ1v) is 11.3. The van der Waals surface area contributed by atoms with E-state index in [4.69, 9.17) is 23.2 Å². The van der Waals surface area contributed by atoms with Crippen LogP contribution in [0.3, 0.4) is 0 Å². The van der Waals surface area contributed by atoms with Gasteiger partial charge in [0, 0.05) is 15.1 Å². The Morgan fingerprint density at radius 2 is 1.66 bits per heavy atom. The van der Waals surface area contributed by atoms with E-state index in [1.165, 1.54) is 4.68 Å². The summed E-state index contributed by atoms with van der Waals surface area (Å²) >= 11 is 15.8. The maximum atomic E-state index is 13.3. The zero-order chi connectivity index (χ0) is 22.8. The van der Waals surface area contributed by atoms with Crippen LogP contribution >= 0.6 is 39.1 Å². The largest absolute Gasteiger partial charge is 0.344 e. The molecule has 1 radical (unpaired) electrons. The number of aromatic nitrogens is 2. The number of benzene rings is 3. The van der Waals surface area contributed by atoms with Crippen LogP contribution in [0.2, 0.25) is 10.0 Å². The third-order valence-corrected chi connectivity index (χ3v) is 6.07. The summed E-state index contributed by atoms with van der Waals surface area (Å²) in [4.78, 5) is 13.0. The van der Waals surface area contributed by atoms with Crippen molar-refractivity contribution in [2.75, 3.05) is 0 Å². The molecule has 0 bridgehead atoms. The van der Waals surface area contributed by atoms with Gasteiger partial charge in [-0.15, -0.1) is 0 Å². The molecule has 0 fully saturated rings. The number of carbonyl (C=O) groups excluding carboxylic acids is 1. The highest BCUT2D eigenvalue weighted by Crippen LogP contribution is 2.37. The number of amides is 1. The molecule has 0 aliphatic carbocycles. The fraction of sp³-hybridized carbons (Fsp3) is 0.0833. The van der Waals surface area contributed by atoms with Crippen LogP contribution in [0.1, 0.15) is 29.0 Å². The van der Waals surface area contributed by atoms with E-state index < -0.39 is 11.7 Å². The third kappa shape index (κ3) is 4.53. The van der Waals surface area contributed by atoms with E-state index >= 15 is 0 Å². The van der Waals surface area contributed by atoms with Crippen molar-refractivity contribution < 1.29 is 9.90 Å². The van der Waals surface area contributed by atoms with Crippen molar-refractivity contribution in [1.82, 2.24) is 15.1 Å². The Bertz CT molecular complexity index is 1270. The first-order valence-electron chi connectivity index (χ1n) is 9.72. The molecule has 1 aromatic heterocycles. The molecule has 0 aliphatic rings. The Kier molecular flexibility index (Phi) is 6.55. The van der Waals surface area contributed by atoms with Gasteiger partial charge in [0.1, 0.15) is 5.69 Å². The summed E-state index contributed by atoms with van der Waals surface area (Å²) in [5.74, 6) is -1.06. The molecule has 0 spiro atoms. The molecule has 0 saturated carbocycles. The fourth-order valence-corrected chi connectivity index (χ4v) is 3.92. The van der Waals surface area contributed by atoms with Gasteiger partial charge in [0.15, 0.2) is 5.69 Å². The first-order chi connectivity index (χ1) is 15.3. The molecular formula is C24H17BrCl2N3O2. The van der Waals surface area contributed by atoms with E-state index in [0.717, 1.165) is 10.0 Å². The zero-order valence-corrected chi connectivity index (χ0v) is 19.9. The van der Waals surface area contributed by atoms with Gasteiger partial charge in [-0.05, 0) is 48.9 Å². The molecule has 1 N–H and O–H groups in total. The monoisotopic (exact) mass is 528 g/mol. The Morgan fingerprint density at radius 3 is 2.31 bits per heavy atom. The lowest BCUT2D eigenvalue weighted by Crippen LogP contribution is -2.27. The number of hydrogen-bond donors (Lipinski definition) is 1. The fourth-order valence-electron chi connectivity index (χ4n) is 3.31. The predicted molar refractivity (Wildman–Crippen MR) is 129 cm³/mol. The van der Waals surface area contributed by atoms with Gasteiger partial charge in [-0.1, -0.05) is 75.5 Å². The minimum atomic E-state index is -0.563. The maximum absolute atomic E-state index is 13.3. The normalized spacial score (nSPS) is 11.9. The van der Waals surface area contributed by atoms with Crippen LogP contribution in [0, 0.1) is 0 Å². The number of hydrogen-bond acceptors (Lipinski definition) is 2. The number of para-hydroxylation sites is 1. The van der Waals surface area contributed by atoms with Gasteiger partial charge in [0.2, 0.25) is 5.75 Å². The third-order valence-electron chi connectivity index (χ3n) is 4.97. The van der Waals surface area contributed by atoms with E-state index in [1.54, 1.807) is 48.5 Å². The summed E-state index contributed by atoms with van der Waals surface area (Å²) in [6, 6.07) is 21.0. The quantitative estimate of drug-likeness (QED) is 0.296. The minimum Gasteiger partial charge on any atom is -0.344 e. The van der Waals surface area contributed by atoms with Crippen LogP contribution in [0.5, 0.6) is 5.75 Å².